The fraction of sp³-hybridized carbons (Fsp3) is 0.174. The van der Waals surface area contributed by atoms with E-state index in [4.69, 9.17) is 5.73 Å². The SMILES string of the molecule is COC(=O)Nc1cccc(-n2cc(C(=O)NC(C)c3cc(N)cc(C(F)(F)F)c3)ccc2=O)c1. The monoisotopic (exact) mass is 474 g/mol. The number of amides is 2. The standard InChI is InChI=1S/C23H21F3N4O4/c1-13(15-8-16(23(24,25)26)10-17(27)9-15)28-21(32)14-6-7-20(31)30(12-14)19-5-3-4-18(11-19)29-22(33)34-2/h3-13H,27H2,1-2H3,(H,28,32)(H,29,33). The Kier molecular flexibility index (Phi) is 6.94. The number of carbonyl (C=O) groups is 2. The summed E-state index contributed by atoms with van der Waals surface area (Å²) in [6.07, 6.45) is -3.98. The van der Waals surface area contributed by atoms with Gasteiger partial charge in [0.1, 0.15) is 0 Å². The number of nitrogens with one attached hydrogen (secondary N) is 2. The van der Waals surface area contributed by atoms with Crippen molar-refractivity contribution in [3.05, 3.63) is 87.8 Å². The number of aromatic nitrogens is 1. The number of rotatable bonds is 5. The predicted molar refractivity (Wildman–Crippen MR) is 120 cm³/mol. The van der Waals surface area contributed by atoms with Gasteiger partial charge in [-0.05, 0) is 55.0 Å². The van der Waals surface area contributed by atoms with E-state index in [9.17, 15) is 27.6 Å². The number of pyridine rings is 1. The first kappa shape index (κ1) is 24.4. The van der Waals surface area contributed by atoms with Crippen LogP contribution in [0.15, 0.2) is 65.6 Å². The molecule has 8 nitrogen and oxygen atoms in total. The Morgan fingerprint density at radius 3 is 2.50 bits per heavy atom. The highest BCUT2D eigenvalue weighted by molar-refractivity contribution is 5.94. The summed E-state index contributed by atoms with van der Waals surface area (Å²) in [5.74, 6) is -0.610. The van der Waals surface area contributed by atoms with Crippen LogP contribution < -0.4 is 21.9 Å². The van der Waals surface area contributed by atoms with Crippen LogP contribution in [0, 0.1) is 0 Å². The highest BCUT2D eigenvalue weighted by Crippen LogP contribution is 2.32. The van der Waals surface area contributed by atoms with E-state index in [-0.39, 0.29) is 16.8 Å². The molecule has 34 heavy (non-hydrogen) atoms. The molecule has 3 rings (SSSR count). The number of methoxy groups -OCH3 is 1. The Hall–Kier alpha value is -4.28. The lowest BCUT2D eigenvalue weighted by Crippen LogP contribution is -2.28. The Bertz CT molecular complexity index is 1290. The number of anilines is 2. The molecule has 0 saturated heterocycles. The van der Waals surface area contributed by atoms with E-state index < -0.39 is 35.3 Å². The molecular formula is C23H21F3N4O4. The third-order valence-electron chi connectivity index (χ3n) is 4.88. The molecule has 0 fully saturated rings. The quantitative estimate of drug-likeness (QED) is 0.482. The van der Waals surface area contributed by atoms with E-state index in [1.54, 1.807) is 18.2 Å². The molecule has 1 aromatic heterocycles. The number of ether oxygens (including phenoxy) is 1. The normalized spacial score (nSPS) is 12.0. The van der Waals surface area contributed by atoms with Crippen LogP contribution in [-0.2, 0) is 10.9 Å². The van der Waals surface area contributed by atoms with Crippen molar-refractivity contribution in [1.82, 2.24) is 9.88 Å². The van der Waals surface area contributed by atoms with Gasteiger partial charge in [0, 0.05) is 23.6 Å². The lowest BCUT2D eigenvalue weighted by atomic mass is 10.0. The average molecular weight is 474 g/mol. The minimum atomic E-state index is -4.58. The summed E-state index contributed by atoms with van der Waals surface area (Å²) in [6.45, 7) is 1.52. The van der Waals surface area contributed by atoms with E-state index in [0.717, 1.165) is 12.1 Å². The van der Waals surface area contributed by atoms with Gasteiger partial charge in [-0.15, -0.1) is 0 Å². The molecule has 0 aliphatic rings. The highest BCUT2D eigenvalue weighted by atomic mass is 19.4. The highest BCUT2D eigenvalue weighted by Gasteiger charge is 2.31. The molecular weight excluding hydrogens is 453 g/mol. The number of nitrogens with zero attached hydrogens (tertiary/aromatic N) is 1. The molecule has 0 aliphatic heterocycles. The Morgan fingerprint density at radius 2 is 1.82 bits per heavy atom. The van der Waals surface area contributed by atoms with Gasteiger partial charge in [0.25, 0.3) is 11.5 Å². The Labute approximate surface area is 192 Å². The van der Waals surface area contributed by atoms with E-state index in [0.29, 0.717) is 11.4 Å². The van der Waals surface area contributed by atoms with Gasteiger partial charge in [0.05, 0.1) is 30.0 Å². The minimum Gasteiger partial charge on any atom is -0.453 e. The number of nitrogen functional groups attached to an aromatic ring is 1. The van der Waals surface area contributed by atoms with E-state index in [1.807, 2.05) is 0 Å². The topological polar surface area (TPSA) is 115 Å². The molecule has 1 heterocycles. The fourth-order valence-corrected chi connectivity index (χ4v) is 3.18. The number of hydrogen-bond donors (Lipinski definition) is 3. The summed E-state index contributed by atoms with van der Waals surface area (Å²) in [4.78, 5) is 36.6. The van der Waals surface area contributed by atoms with Crippen molar-refractivity contribution in [3.8, 4) is 5.69 Å². The maximum atomic E-state index is 13.1. The second-order valence-corrected chi connectivity index (χ2v) is 7.37. The maximum absolute atomic E-state index is 13.1. The number of hydrogen-bond acceptors (Lipinski definition) is 5. The maximum Gasteiger partial charge on any atom is 0.416 e. The van der Waals surface area contributed by atoms with Crippen LogP contribution in [-0.4, -0.2) is 23.7 Å². The summed E-state index contributed by atoms with van der Waals surface area (Å²) in [6, 6.07) is 11.1. The zero-order chi connectivity index (χ0) is 25.0. The molecule has 0 spiro atoms. The zero-order valence-electron chi connectivity index (χ0n) is 18.1. The number of alkyl halides is 3. The van der Waals surface area contributed by atoms with Gasteiger partial charge in [0.2, 0.25) is 0 Å². The minimum absolute atomic E-state index is 0.0834. The van der Waals surface area contributed by atoms with Crippen molar-refractivity contribution in [1.29, 1.82) is 0 Å². The smallest absolute Gasteiger partial charge is 0.416 e. The summed E-state index contributed by atoms with van der Waals surface area (Å²) in [5.41, 5.74) is 5.16. The second kappa shape index (κ2) is 9.69. The van der Waals surface area contributed by atoms with E-state index >= 15 is 0 Å². The van der Waals surface area contributed by atoms with E-state index in [1.165, 1.54) is 49.1 Å². The number of halogens is 3. The average Bonchev–Trinajstić information content (AvgIpc) is 2.78. The molecule has 2 aromatic carbocycles. The van der Waals surface area contributed by atoms with Crippen LogP contribution in [0.5, 0.6) is 0 Å². The van der Waals surface area contributed by atoms with Crippen molar-refractivity contribution in [2.45, 2.75) is 19.1 Å². The van der Waals surface area contributed by atoms with Gasteiger partial charge in [-0.2, -0.15) is 13.2 Å². The first-order valence-corrected chi connectivity index (χ1v) is 9.94. The molecule has 1 unspecified atom stereocenters. The summed E-state index contributed by atoms with van der Waals surface area (Å²) in [5, 5.41) is 5.09. The van der Waals surface area contributed by atoms with Gasteiger partial charge in [-0.3, -0.25) is 19.5 Å². The molecule has 3 aromatic rings. The van der Waals surface area contributed by atoms with Gasteiger partial charge in [-0.1, -0.05) is 6.07 Å². The summed E-state index contributed by atoms with van der Waals surface area (Å²) in [7, 11) is 1.21. The molecule has 0 radical (unpaired) electrons. The summed E-state index contributed by atoms with van der Waals surface area (Å²) >= 11 is 0. The van der Waals surface area contributed by atoms with E-state index in [2.05, 4.69) is 15.4 Å². The predicted octanol–water partition coefficient (Wildman–Crippen LogP) is 4.11. The van der Waals surface area contributed by atoms with Crippen molar-refractivity contribution in [3.63, 3.8) is 0 Å². The van der Waals surface area contributed by atoms with Crippen LogP contribution in [0.4, 0.5) is 29.3 Å². The number of nitrogens with two attached hydrogens (primary N) is 1. The van der Waals surface area contributed by atoms with Crippen LogP contribution in [0.3, 0.4) is 0 Å². The van der Waals surface area contributed by atoms with Gasteiger partial charge >= 0.3 is 12.3 Å². The van der Waals surface area contributed by atoms with Crippen molar-refractivity contribution in [2.24, 2.45) is 0 Å². The van der Waals surface area contributed by atoms with Crippen LogP contribution in [0.25, 0.3) is 5.69 Å². The van der Waals surface area contributed by atoms with Crippen molar-refractivity contribution in [2.75, 3.05) is 18.2 Å². The molecule has 0 bridgehead atoms. The fourth-order valence-electron chi connectivity index (χ4n) is 3.18. The number of benzene rings is 2. The first-order chi connectivity index (χ1) is 16.0. The molecule has 4 N–H and O–H groups in total. The lowest BCUT2D eigenvalue weighted by molar-refractivity contribution is -0.137. The number of carbonyl (C=O) groups excluding carboxylic acids is 2. The van der Waals surface area contributed by atoms with Crippen molar-refractivity contribution < 1.29 is 27.5 Å². The van der Waals surface area contributed by atoms with Crippen LogP contribution in [0.1, 0.15) is 34.5 Å². The molecule has 1 atom stereocenters. The van der Waals surface area contributed by atoms with Gasteiger partial charge < -0.3 is 15.8 Å². The summed E-state index contributed by atoms with van der Waals surface area (Å²) < 4.78 is 45.0. The third-order valence-corrected chi connectivity index (χ3v) is 4.88. The Morgan fingerprint density at radius 1 is 1.09 bits per heavy atom. The Balaban J connectivity index is 1.86. The van der Waals surface area contributed by atoms with Gasteiger partial charge in [0.15, 0.2) is 0 Å². The van der Waals surface area contributed by atoms with Gasteiger partial charge in [-0.25, -0.2) is 4.79 Å². The lowest BCUT2D eigenvalue weighted by Gasteiger charge is -2.18. The van der Waals surface area contributed by atoms with Crippen LogP contribution in [0.2, 0.25) is 0 Å². The van der Waals surface area contributed by atoms with Crippen molar-refractivity contribution >= 4 is 23.4 Å². The molecule has 2 amide bonds. The molecule has 178 valence electrons. The first-order valence-electron chi connectivity index (χ1n) is 9.94. The van der Waals surface area contributed by atoms with Crippen LogP contribution >= 0.6 is 0 Å². The second-order valence-electron chi connectivity index (χ2n) is 7.37. The molecule has 11 heteroatoms. The zero-order valence-corrected chi connectivity index (χ0v) is 18.1. The third kappa shape index (κ3) is 5.74. The largest absolute Gasteiger partial charge is 0.453 e. The molecule has 0 aliphatic carbocycles. The molecule has 0 saturated carbocycles.